The van der Waals surface area contributed by atoms with Gasteiger partial charge in [0.2, 0.25) is 0 Å². The van der Waals surface area contributed by atoms with E-state index < -0.39 is 5.97 Å². The first-order valence-corrected chi connectivity index (χ1v) is 18.4. The highest BCUT2D eigenvalue weighted by atomic mass is 16.4. The maximum absolute atomic E-state index is 10.4. The molecular weight excluding hydrogens is 671 g/mol. The van der Waals surface area contributed by atoms with Crippen LogP contribution in [-0.4, -0.2) is 11.1 Å². The molecule has 54 heavy (non-hydrogen) atoms. The van der Waals surface area contributed by atoms with Crippen LogP contribution in [0.3, 0.4) is 0 Å². The number of aryl methyl sites for hydroxylation is 2. The molecule has 0 bridgehead atoms. The second kappa shape index (κ2) is 18.3. The molecule has 5 aromatic rings. The summed E-state index contributed by atoms with van der Waals surface area (Å²) in [4.78, 5) is 10.4. The van der Waals surface area contributed by atoms with Gasteiger partial charge in [0.1, 0.15) is 0 Å². The first kappa shape index (κ1) is 42.6. The van der Waals surface area contributed by atoms with E-state index in [2.05, 4.69) is 58.0 Å². The van der Waals surface area contributed by atoms with Gasteiger partial charge in [-0.05, 0) is 166 Å². The van der Waals surface area contributed by atoms with Crippen LogP contribution < -0.4 is 40.1 Å². The van der Waals surface area contributed by atoms with Gasteiger partial charge in [-0.1, -0.05) is 49.6 Å². The lowest BCUT2D eigenvalue weighted by atomic mass is 9.65. The Bertz CT molecular complexity index is 1870. The SMILES string of the molecule is Cc1c(C)c(N)c(C)c(C)c1N.Cc1cc(C)c(N)c(C)c1C.Nc1cc(N)cc(C(=O)O)c1.Nc1ccc(C2(c3ccc(N)cc3)CCCCC2)cc1. The maximum Gasteiger partial charge on any atom is 0.335 e. The number of carboxylic acids is 1. The lowest BCUT2D eigenvalue weighted by molar-refractivity contribution is 0.0697. The molecule has 0 radical (unpaired) electrons. The fraction of sp³-hybridized carbons (Fsp3) is 0.311. The number of aromatic carboxylic acids is 1. The highest BCUT2D eigenvalue weighted by Crippen LogP contribution is 2.45. The predicted molar refractivity (Wildman–Crippen MR) is 232 cm³/mol. The Morgan fingerprint density at radius 2 is 0.833 bits per heavy atom. The Balaban J connectivity index is 0.000000202. The molecular formula is C45H61N7O2. The van der Waals surface area contributed by atoms with Crippen LogP contribution in [0.5, 0.6) is 0 Å². The van der Waals surface area contributed by atoms with E-state index in [0.717, 1.165) is 50.7 Å². The predicted octanol–water partition coefficient (Wildman–Crippen LogP) is 9.24. The molecule has 5 aromatic carbocycles. The molecule has 15 N–H and O–H groups in total. The molecule has 0 heterocycles. The second-order valence-electron chi connectivity index (χ2n) is 14.6. The largest absolute Gasteiger partial charge is 0.478 e. The number of hydrogen-bond acceptors (Lipinski definition) is 8. The molecule has 9 heteroatoms. The quantitative estimate of drug-likeness (QED) is 0.0828. The standard InChI is InChI=1S/C18H22N2.C10H16N2.C10H15N.C7H8N2O2/c19-16-8-4-14(5-9-16)18(12-2-1-3-13-18)15-6-10-17(20)11-7-15;1-5-6(2)10(12)8(4)7(3)9(5)11;1-6-5-7(2)10(11)9(4)8(6)3;8-5-1-4(7(10)11)2-6(9)3-5/h4-11H,1-3,12-13,19-20H2;11-12H2,1-4H3;5H,11H2,1-4H3;1-3H,8-9H2,(H,10,11). The Morgan fingerprint density at radius 3 is 1.20 bits per heavy atom. The summed E-state index contributed by atoms with van der Waals surface area (Å²) in [7, 11) is 0. The lowest BCUT2D eigenvalue weighted by Gasteiger charge is -2.38. The molecule has 9 nitrogen and oxygen atoms in total. The van der Waals surface area contributed by atoms with Gasteiger partial charge in [-0.2, -0.15) is 0 Å². The molecule has 1 saturated carbocycles. The van der Waals surface area contributed by atoms with Crippen molar-refractivity contribution in [2.45, 2.75) is 92.9 Å². The summed E-state index contributed by atoms with van der Waals surface area (Å²) in [6.07, 6.45) is 6.33. The summed E-state index contributed by atoms with van der Waals surface area (Å²) >= 11 is 0. The van der Waals surface area contributed by atoms with E-state index in [4.69, 9.17) is 45.2 Å². The van der Waals surface area contributed by atoms with Crippen LogP contribution in [0, 0.1) is 55.4 Å². The van der Waals surface area contributed by atoms with Crippen LogP contribution >= 0.6 is 0 Å². The van der Waals surface area contributed by atoms with Crippen LogP contribution in [0.2, 0.25) is 0 Å². The van der Waals surface area contributed by atoms with Gasteiger partial charge in [0.05, 0.1) is 5.56 Å². The van der Waals surface area contributed by atoms with Crippen LogP contribution in [0.25, 0.3) is 0 Å². The number of carbonyl (C=O) groups is 1. The van der Waals surface area contributed by atoms with Gasteiger partial charge in [0.15, 0.2) is 0 Å². The Morgan fingerprint density at radius 1 is 0.463 bits per heavy atom. The van der Waals surface area contributed by atoms with E-state index >= 15 is 0 Å². The summed E-state index contributed by atoms with van der Waals surface area (Å²) in [5.74, 6) is -1.02. The Kier molecular flexibility index (Phi) is 14.4. The van der Waals surface area contributed by atoms with E-state index in [1.165, 1.54) is 83.7 Å². The average molecular weight is 732 g/mol. The number of carboxylic acid groups (broad SMARTS) is 1. The number of benzene rings is 5. The zero-order chi connectivity index (χ0) is 40.5. The van der Waals surface area contributed by atoms with Gasteiger partial charge >= 0.3 is 5.97 Å². The van der Waals surface area contributed by atoms with Crippen molar-refractivity contribution in [2.75, 3.05) is 40.1 Å². The monoisotopic (exact) mass is 731 g/mol. The van der Waals surface area contributed by atoms with Crippen molar-refractivity contribution in [3.8, 4) is 0 Å². The minimum Gasteiger partial charge on any atom is -0.478 e. The van der Waals surface area contributed by atoms with Gasteiger partial charge in [-0.15, -0.1) is 0 Å². The fourth-order valence-electron chi connectivity index (χ4n) is 6.98. The zero-order valence-electron chi connectivity index (χ0n) is 33.4. The molecule has 0 aliphatic heterocycles. The molecule has 0 aromatic heterocycles. The van der Waals surface area contributed by atoms with Crippen LogP contribution in [0.1, 0.15) is 98.1 Å². The first-order valence-electron chi connectivity index (χ1n) is 18.4. The summed E-state index contributed by atoms with van der Waals surface area (Å²) in [5, 5.41) is 8.52. The molecule has 0 atom stereocenters. The minimum absolute atomic E-state index is 0.113. The molecule has 0 amide bonds. The van der Waals surface area contributed by atoms with Gasteiger partial charge in [-0.3, -0.25) is 0 Å². The van der Waals surface area contributed by atoms with Crippen molar-refractivity contribution in [3.63, 3.8) is 0 Å². The highest BCUT2D eigenvalue weighted by Gasteiger charge is 2.35. The van der Waals surface area contributed by atoms with Crippen molar-refractivity contribution in [3.05, 3.63) is 134 Å². The average Bonchev–Trinajstić information content (AvgIpc) is 3.15. The smallest absolute Gasteiger partial charge is 0.335 e. The first-order chi connectivity index (χ1) is 25.3. The van der Waals surface area contributed by atoms with Gasteiger partial charge in [0.25, 0.3) is 0 Å². The van der Waals surface area contributed by atoms with E-state index in [-0.39, 0.29) is 11.0 Å². The minimum atomic E-state index is -1.02. The van der Waals surface area contributed by atoms with E-state index in [1.807, 2.05) is 52.0 Å². The van der Waals surface area contributed by atoms with Crippen molar-refractivity contribution >= 4 is 45.8 Å². The van der Waals surface area contributed by atoms with Gasteiger partial charge in [0, 0.05) is 45.2 Å². The number of anilines is 7. The maximum atomic E-state index is 10.4. The van der Waals surface area contributed by atoms with Crippen molar-refractivity contribution in [1.82, 2.24) is 0 Å². The molecule has 6 rings (SSSR count). The summed E-state index contributed by atoms with van der Waals surface area (Å²) in [5.41, 5.74) is 57.6. The molecule has 0 saturated heterocycles. The summed E-state index contributed by atoms with van der Waals surface area (Å²) < 4.78 is 0. The van der Waals surface area contributed by atoms with Crippen molar-refractivity contribution < 1.29 is 9.90 Å². The molecule has 1 aliphatic rings. The van der Waals surface area contributed by atoms with Crippen molar-refractivity contribution in [2.24, 2.45) is 0 Å². The molecule has 288 valence electrons. The lowest BCUT2D eigenvalue weighted by Crippen LogP contribution is -2.30. The number of nitrogen functional groups attached to an aromatic ring is 7. The second-order valence-corrected chi connectivity index (χ2v) is 14.6. The van der Waals surface area contributed by atoms with Gasteiger partial charge in [-0.25, -0.2) is 4.79 Å². The fourth-order valence-corrected chi connectivity index (χ4v) is 6.98. The third kappa shape index (κ3) is 10.2. The van der Waals surface area contributed by atoms with Gasteiger partial charge < -0.3 is 45.2 Å². The molecule has 0 unspecified atom stereocenters. The third-order valence-corrected chi connectivity index (χ3v) is 11.0. The normalized spacial score (nSPS) is 12.9. The van der Waals surface area contributed by atoms with Crippen molar-refractivity contribution in [1.29, 1.82) is 0 Å². The number of hydrogen-bond donors (Lipinski definition) is 8. The third-order valence-electron chi connectivity index (χ3n) is 11.0. The van der Waals surface area contributed by atoms with E-state index in [0.29, 0.717) is 11.4 Å². The number of nitrogens with two attached hydrogens (primary N) is 7. The topological polar surface area (TPSA) is 219 Å². The molecule has 1 fully saturated rings. The number of rotatable bonds is 3. The van der Waals surface area contributed by atoms with E-state index in [1.54, 1.807) is 0 Å². The Hall–Kier alpha value is -5.83. The summed E-state index contributed by atoms with van der Waals surface area (Å²) in [6.45, 7) is 16.4. The molecule has 1 aliphatic carbocycles. The molecule has 0 spiro atoms. The Labute approximate surface area is 321 Å². The van der Waals surface area contributed by atoms with Crippen LogP contribution in [0.4, 0.5) is 39.8 Å². The highest BCUT2D eigenvalue weighted by molar-refractivity contribution is 5.90. The van der Waals surface area contributed by atoms with Crippen LogP contribution in [-0.2, 0) is 5.41 Å². The zero-order valence-corrected chi connectivity index (χ0v) is 33.4. The van der Waals surface area contributed by atoms with E-state index in [9.17, 15) is 4.79 Å². The summed E-state index contributed by atoms with van der Waals surface area (Å²) in [6, 6.07) is 23.2. The van der Waals surface area contributed by atoms with Crippen LogP contribution in [0.15, 0.2) is 72.8 Å².